The third-order valence-corrected chi connectivity index (χ3v) is 27.9. The van der Waals surface area contributed by atoms with Crippen molar-refractivity contribution in [2.45, 2.75) is 239 Å². The van der Waals surface area contributed by atoms with Crippen molar-refractivity contribution in [3.05, 3.63) is 320 Å². The Labute approximate surface area is 702 Å². The van der Waals surface area contributed by atoms with Crippen LogP contribution >= 0.6 is 0 Å². The fourth-order valence-electron chi connectivity index (χ4n) is 22.6. The number of nitrogens with zero attached hydrogens (tertiary/aromatic N) is 6. The fourth-order valence-corrected chi connectivity index (χ4v) is 22.6. The molecule has 596 valence electrons. The topological polar surface area (TPSA) is 23.3 Å². The van der Waals surface area contributed by atoms with Crippen LogP contribution in [0.3, 0.4) is 0 Å². The van der Waals surface area contributed by atoms with Crippen molar-refractivity contribution in [3.63, 3.8) is 0 Å². The van der Waals surface area contributed by atoms with Crippen LogP contribution in [0.2, 0.25) is 0 Å². The highest BCUT2D eigenvalue weighted by molar-refractivity contribution is 5.73. The van der Waals surface area contributed by atoms with E-state index in [1.165, 1.54) is 149 Å². The molecule has 6 nitrogen and oxygen atoms in total. The molecular formula is C110H132N6+6. The molecule has 6 heteroatoms. The molecule has 6 heterocycles. The summed E-state index contributed by atoms with van der Waals surface area (Å²) in [5, 5.41) is 0. The normalized spacial score (nSPS) is 23.4. The van der Waals surface area contributed by atoms with Gasteiger partial charge in [0.15, 0.2) is 37.2 Å². The highest BCUT2D eigenvalue weighted by atomic mass is 15.0. The van der Waals surface area contributed by atoms with Crippen LogP contribution in [0.25, 0.3) is 67.5 Å². The molecule has 6 bridgehead atoms. The molecule has 6 atom stereocenters. The van der Waals surface area contributed by atoms with E-state index < -0.39 is 23.6 Å². The van der Waals surface area contributed by atoms with Gasteiger partial charge in [-0.1, -0.05) is 178 Å². The largest absolute Gasteiger partial charge is 0.216 e. The molecule has 3 saturated carbocycles. The second kappa shape index (κ2) is 31.6. The standard InChI is InChI=1S/C20H24N.2C20H26N.2C18H20N.C14H16N/c1-13-7-5-6-8-14(13)19-18-15(11-12-21(19)4)16-9-10-17(18)20(16,2)3;1-14-9-7-8-10-15(14)18-11-16-17(12-21(18)6)20(4,5)13-19(16,2)3;1-14-9-7-8-10-15(14)18-17-16(11-12-21(18)6)19(2,3)13-20(17,4)5;2*1-12-5-3-4-6-15(12)18-17-14-8-7-13(11-14)16(17)9-10-19(18)2;1-11-8-9-14(15(3)10-11)13-7-5-4-6-12(13)2/h5-8,11-12,16-17H,9-10H2,1-4H3;2*7-12H,13H2,1-6H3;2*3-6,9-10,13-14H,7-8,11H2,1-2H3;4-10H,1-3H3/q6*+1/i16D,17D;;;13D,14D;;. The van der Waals surface area contributed by atoms with Gasteiger partial charge in [-0.15, -0.1) is 0 Å². The lowest BCUT2D eigenvalue weighted by atomic mass is 9.79. The first-order chi connectivity index (χ1) is 56.6. The number of aryl methyl sites for hydroxylation is 13. The minimum atomic E-state index is -0.680. The molecule has 8 aliphatic rings. The molecule has 116 heavy (non-hydrogen) atoms. The molecule has 6 aromatic carbocycles. The number of fused-ring (bicyclic) bond motifs is 17. The predicted octanol–water partition coefficient (Wildman–Crippen LogP) is 23.9. The summed E-state index contributed by atoms with van der Waals surface area (Å²) < 4.78 is 49.4. The summed E-state index contributed by atoms with van der Waals surface area (Å²) in [6.07, 6.45) is 23.6. The first-order valence-electron chi connectivity index (χ1n) is 45.1. The Bertz CT molecular complexity index is 5930. The number of benzene rings is 6. The summed E-state index contributed by atoms with van der Waals surface area (Å²) in [5.74, 6) is -0.793. The van der Waals surface area contributed by atoms with Gasteiger partial charge in [0.1, 0.15) is 42.3 Å². The van der Waals surface area contributed by atoms with Crippen LogP contribution in [0, 0.1) is 53.9 Å². The van der Waals surface area contributed by atoms with Crippen molar-refractivity contribution >= 4 is 0 Å². The molecule has 0 N–H and O–H groups in total. The van der Waals surface area contributed by atoms with Gasteiger partial charge in [0.2, 0.25) is 34.2 Å². The monoisotopic (exact) mass is 1540 g/mol. The number of rotatable bonds is 6. The molecule has 12 aromatic rings. The van der Waals surface area contributed by atoms with Crippen LogP contribution in [0.5, 0.6) is 0 Å². The van der Waals surface area contributed by atoms with Crippen LogP contribution in [-0.4, -0.2) is 0 Å². The van der Waals surface area contributed by atoms with E-state index in [-0.39, 0.29) is 27.1 Å². The molecular weight excluding hydrogens is 1410 g/mol. The van der Waals surface area contributed by atoms with Gasteiger partial charge in [0, 0.05) is 109 Å². The van der Waals surface area contributed by atoms with E-state index in [1.807, 2.05) is 7.05 Å². The molecule has 0 aliphatic heterocycles. The quantitative estimate of drug-likeness (QED) is 0.148. The van der Waals surface area contributed by atoms with E-state index in [4.69, 9.17) is 4.11 Å². The average molecular weight is 1540 g/mol. The van der Waals surface area contributed by atoms with Crippen molar-refractivity contribution < 1.29 is 32.9 Å². The van der Waals surface area contributed by atoms with Gasteiger partial charge in [0.25, 0.3) is 0 Å². The Hall–Kier alpha value is -9.78. The summed E-state index contributed by atoms with van der Waals surface area (Å²) in [6, 6.07) is 67.0. The predicted molar refractivity (Wildman–Crippen MR) is 480 cm³/mol. The lowest BCUT2D eigenvalue weighted by Crippen LogP contribution is -2.34. The molecule has 3 fully saturated rings. The summed E-state index contributed by atoms with van der Waals surface area (Å²) in [5.41, 5.74) is 38.9. The fraction of sp³-hybridized carbons (Fsp3) is 0.400. The zero-order valence-corrected chi connectivity index (χ0v) is 74.3. The van der Waals surface area contributed by atoms with E-state index in [1.54, 1.807) is 11.1 Å². The van der Waals surface area contributed by atoms with Gasteiger partial charge in [-0.05, 0) is 279 Å². The summed E-state index contributed by atoms with van der Waals surface area (Å²) in [4.78, 5) is 0. The first kappa shape index (κ1) is 76.2. The molecule has 6 aromatic heterocycles. The van der Waals surface area contributed by atoms with Gasteiger partial charge < -0.3 is 0 Å². The van der Waals surface area contributed by atoms with Crippen molar-refractivity contribution in [3.8, 4) is 67.5 Å². The summed E-state index contributed by atoms with van der Waals surface area (Å²) in [7, 11) is 12.7. The van der Waals surface area contributed by atoms with Crippen molar-refractivity contribution in [2.75, 3.05) is 0 Å². The van der Waals surface area contributed by atoms with E-state index in [9.17, 15) is 1.37 Å². The Morgan fingerprint density at radius 3 is 1.22 bits per heavy atom. The van der Waals surface area contributed by atoms with Crippen LogP contribution in [0.1, 0.15) is 269 Å². The van der Waals surface area contributed by atoms with Gasteiger partial charge in [-0.3, -0.25) is 0 Å². The minimum Gasteiger partial charge on any atom is -0.201 e. The number of aromatic nitrogens is 6. The van der Waals surface area contributed by atoms with Gasteiger partial charge in [-0.25, -0.2) is 27.4 Å². The maximum absolute atomic E-state index is 9.30. The molecule has 8 aliphatic carbocycles. The maximum Gasteiger partial charge on any atom is 0.216 e. The highest BCUT2D eigenvalue weighted by Crippen LogP contribution is 2.66. The second-order valence-corrected chi connectivity index (χ2v) is 38.6. The maximum atomic E-state index is 9.30. The number of hydrogen-bond acceptors (Lipinski definition) is 0. The summed E-state index contributed by atoms with van der Waals surface area (Å²) in [6.45, 7) is 38.4. The molecule has 0 radical (unpaired) electrons. The first-order valence-corrected chi connectivity index (χ1v) is 43.1. The van der Waals surface area contributed by atoms with Crippen LogP contribution in [-0.2, 0) is 63.9 Å². The van der Waals surface area contributed by atoms with Crippen molar-refractivity contribution in [1.29, 1.82) is 0 Å². The van der Waals surface area contributed by atoms with Gasteiger partial charge in [-0.2, -0.15) is 0 Å². The Balaban J connectivity index is 0.000000113. The smallest absolute Gasteiger partial charge is 0.201 e. The van der Waals surface area contributed by atoms with Gasteiger partial charge >= 0.3 is 0 Å². The Morgan fingerprint density at radius 2 is 0.698 bits per heavy atom. The third-order valence-electron chi connectivity index (χ3n) is 27.9. The molecule has 6 unspecified atom stereocenters. The zero-order valence-electron chi connectivity index (χ0n) is 78.3. The lowest BCUT2D eigenvalue weighted by molar-refractivity contribution is -0.661. The van der Waals surface area contributed by atoms with Crippen molar-refractivity contribution in [2.24, 2.45) is 47.7 Å². The molecule has 0 amide bonds. The minimum absolute atomic E-state index is 0.218. The van der Waals surface area contributed by atoms with Crippen LogP contribution < -0.4 is 27.4 Å². The Morgan fingerprint density at radius 1 is 0.302 bits per heavy atom. The van der Waals surface area contributed by atoms with E-state index >= 15 is 0 Å². The SMILES string of the molecule is Cc1ccc(-c2ccccc2C)[n+](C)c1.Cc1ccccc1-c1c2c(cc[n+]1C)C(C)(C)CC2(C)C.Cc1ccccc1-c1c2c(cc[n+]1C)C1CCC2C1.Cc1ccccc1-c1cc2c(c[n+]1C)C(C)(C)CC2(C)C.[2H]C12CCC([2H])(C1)c1c2cc[n+](C)c1-c1ccccc1C.[2H]C12CCC([2H])(c3c1cc[n+](C)c3-c1ccccc1C)C2(C)C. The average Bonchev–Trinajstić information content (AvgIpc) is 1.49. The Kier molecular flexibility index (Phi) is 20.8. The van der Waals surface area contributed by atoms with E-state index in [0.717, 1.165) is 71.2 Å². The van der Waals surface area contributed by atoms with Gasteiger partial charge in [0.05, 0.1) is 0 Å². The zero-order chi connectivity index (χ0) is 86.1. The summed E-state index contributed by atoms with van der Waals surface area (Å²) >= 11 is 0. The van der Waals surface area contributed by atoms with Crippen LogP contribution in [0.15, 0.2) is 225 Å². The second-order valence-electron chi connectivity index (χ2n) is 38.6. The molecule has 20 rings (SSSR count). The highest BCUT2D eigenvalue weighted by Gasteiger charge is 2.55. The molecule has 0 saturated heterocycles. The number of hydrogen-bond donors (Lipinski definition) is 0. The van der Waals surface area contributed by atoms with E-state index in [2.05, 4.69) is 406 Å². The van der Waals surface area contributed by atoms with E-state index in [0.29, 0.717) is 6.42 Å². The number of pyridine rings is 6. The lowest BCUT2D eigenvalue weighted by Gasteiger charge is -2.24. The van der Waals surface area contributed by atoms with Crippen LogP contribution in [0.4, 0.5) is 0 Å². The van der Waals surface area contributed by atoms with Crippen molar-refractivity contribution in [1.82, 2.24) is 0 Å². The molecule has 0 spiro atoms. The third kappa shape index (κ3) is 15.0.